The maximum atomic E-state index is 12.1. The number of H-pyrrole nitrogens is 1. The van der Waals surface area contributed by atoms with Gasteiger partial charge in [0.15, 0.2) is 11.6 Å². The van der Waals surface area contributed by atoms with E-state index < -0.39 is 0 Å². The molecule has 4 N–H and O–H groups in total. The molecule has 2 atom stereocenters. The van der Waals surface area contributed by atoms with Gasteiger partial charge < -0.3 is 20.7 Å². The standard InChI is InChI=1S/C24H33N9O2/c1-24(4-5-24)28-23(34)35-18-3-2-16(12-18)19-14-21(30-29-19)27-22-20-13-17(31-33(20)11-8-26-22)15-32-9-6-25-7-10-32/h8,11,13-14,16,18,25H,2-7,9-10,12,15H2,1H3,(H,28,34)(H2,26,27,29,30)/t16-,18+/m0/s1. The second-order valence-corrected chi connectivity index (χ2v) is 10.3. The van der Waals surface area contributed by atoms with E-state index in [0.717, 1.165) is 87.6 Å². The number of nitrogens with zero attached hydrogens (tertiary/aromatic N) is 5. The molecule has 11 nitrogen and oxygen atoms in total. The highest BCUT2D eigenvalue weighted by Gasteiger charge is 2.40. The zero-order valence-corrected chi connectivity index (χ0v) is 20.1. The minimum absolute atomic E-state index is 0.0571. The first-order valence-electron chi connectivity index (χ1n) is 12.6. The largest absolute Gasteiger partial charge is 0.446 e. The third-order valence-electron chi connectivity index (χ3n) is 7.38. The molecule has 1 saturated heterocycles. The van der Waals surface area contributed by atoms with Crippen LogP contribution in [0.3, 0.4) is 0 Å². The van der Waals surface area contributed by atoms with E-state index in [-0.39, 0.29) is 23.7 Å². The molecule has 0 bridgehead atoms. The Hall–Kier alpha value is -3.18. The van der Waals surface area contributed by atoms with Crippen LogP contribution < -0.4 is 16.0 Å². The normalized spacial score (nSPS) is 23.9. The maximum absolute atomic E-state index is 12.1. The maximum Gasteiger partial charge on any atom is 0.407 e. The highest BCUT2D eigenvalue weighted by atomic mass is 16.6. The lowest BCUT2D eigenvalue weighted by Gasteiger charge is -2.26. The highest BCUT2D eigenvalue weighted by molar-refractivity contribution is 5.72. The van der Waals surface area contributed by atoms with Crippen molar-refractivity contribution in [1.82, 2.24) is 40.3 Å². The van der Waals surface area contributed by atoms with Crippen LogP contribution in [-0.2, 0) is 11.3 Å². The molecule has 2 saturated carbocycles. The van der Waals surface area contributed by atoms with Crippen molar-refractivity contribution in [3.8, 4) is 0 Å². The number of piperazine rings is 1. The van der Waals surface area contributed by atoms with Crippen LogP contribution in [0.4, 0.5) is 16.4 Å². The molecule has 11 heteroatoms. The van der Waals surface area contributed by atoms with Gasteiger partial charge in [-0.25, -0.2) is 14.3 Å². The van der Waals surface area contributed by atoms with E-state index in [0.29, 0.717) is 5.82 Å². The molecular weight excluding hydrogens is 446 g/mol. The van der Waals surface area contributed by atoms with Crippen LogP contribution in [0.5, 0.6) is 0 Å². The summed E-state index contributed by atoms with van der Waals surface area (Å²) in [5.41, 5.74) is 2.94. The Bertz CT molecular complexity index is 1190. The summed E-state index contributed by atoms with van der Waals surface area (Å²) < 4.78 is 7.53. The number of alkyl carbamates (subject to hydrolysis) is 1. The Morgan fingerprint density at radius 3 is 2.94 bits per heavy atom. The Morgan fingerprint density at radius 2 is 2.11 bits per heavy atom. The third kappa shape index (κ3) is 5.10. The van der Waals surface area contributed by atoms with Crippen molar-refractivity contribution in [2.45, 2.75) is 63.1 Å². The van der Waals surface area contributed by atoms with Gasteiger partial charge >= 0.3 is 6.09 Å². The van der Waals surface area contributed by atoms with E-state index in [4.69, 9.17) is 9.84 Å². The topological polar surface area (TPSA) is 124 Å². The van der Waals surface area contributed by atoms with Gasteiger partial charge in [-0.05, 0) is 45.1 Å². The van der Waals surface area contributed by atoms with E-state index in [2.05, 4.69) is 49.0 Å². The SMILES string of the molecule is CC1(NC(=O)O[C@@H]2CC[C@H](c3cc(Nc4nccn5nc(CN6CCNCC6)cc45)n[nH]3)C2)CC1. The molecular formula is C24H33N9O2. The van der Waals surface area contributed by atoms with Crippen LogP contribution in [0.15, 0.2) is 24.5 Å². The van der Waals surface area contributed by atoms with Crippen molar-refractivity contribution in [3.05, 3.63) is 35.9 Å². The van der Waals surface area contributed by atoms with Crippen LogP contribution in [0.2, 0.25) is 0 Å². The number of aromatic nitrogens is 5. The summed E-state index contributed by atoms with van der Waals surface area (Å²) in [5, 5.41) is 22.1. The van der Waals surface area contributed by atoms with Crippen LogP contribution >= 0.6 is 0 Å². The van der Waals surface area contributed by atoms with Crippen LogP contribution in [-0.4, -0.2) is 73.6 Å². The minimum Gasteiger partial charge on any atom is -0.446 e. The Morgan fingerprint density at radius 1 is 1.26 bits per heavy atom. The number of fused-ring (bicyclic) bond motifs is 1. The first-order chi connectivity index (χ1) is 17.0. The molecule has 0 unspecified atom stereocenters. The summed E-state index contributed by atoms with van der Waals surface area (Å²) >= 11 is 0. The summed E-state index contributed by atoms with van der Waals surface area (Å²) in [5.74, 6) is 1.73. The van der Waals surface area contributed by atoms with Gasteiger partial charge in [0, 0.05) is 68.3 Å². The van der Waals surface area contributed by atoms with Crippen molar-refractivity contribution in [1.29, 1.82) is 0 Å². The lowest BCUT2D eigenvalue weighted by Crippen LogP contribution is -2.42. The molecule has 3 fully saturated rings. The lowest BCUT2D eigenvalue weighted by atomic mass is 10.0. The summed E-state index contributed by atoms with van der Waals surface area (Å²) in [4.78, 5) is 19.1. The summed E-state index contributed by atoms with van der Waals surface area (Å²) in [7, 11) is 0. The number of rotatable bonds is 7. The zero-order chi connectivity index (χ0) is 23.8. The second-order valence-electron chi connectivity index (χ2n) is 10.3. The number of amides is 1. The predicted molar refractivity (Wildman–Crippen MR) is 131 cm³/mol. The summed E-state index contributed by atoms with van der Waals surface area (Å²) in [6.45, 7) is 6.98. The number of hydrogen-bond acceptors (Lipinski definition) is 8. The average molecular weight is 480 g/mol. The average Bonchev–Trinajstić information content (AvgIpc) is 3.24. The fourth-order valence-electron chi connectivity index (χ4n) is 5.05. The fourth-order valence-corrected chi connectivity index (χ4v) is 5.05. The van der Waals surface area contributed by atoms with E-state index in [1.807, 2.05) is 16.8 Å². The Balaban J connectivity index is 1.08. The molecule has 4 heterocycles. The predicted octanol–water partition coefficient (Wildman–Crippen LogP) is 2.52. The van der Waals surface area contributed by atoms with Crippen molar-refractivity contribution in [2.24, 2.45) is 0 Å². The van der Waals surface area contributed by atoms with Crippen molar-refractivity contribution < 1.29 is 9.53 Å². The zero-order valence-electron chi connectivity index (χ0n) is 20.1. The molecule has 6 rings (SSSR count). The molecule has 0 spiro atoms. The number of hydrogen-bond donors (Lipinski definition) is 4. The molecule has 0 aromatic carbocycles. The van der Waals surface area contributed by atoms with Crippen LogP contribution in [0, 0.1) is 0 Å². The number of ether oxygens (including phenoxy) is 1. The molecule has 0 radical (unpaired) electrons. The summed E-state index contributed by atoms with van der Waals surface area (Å²) in [6.07, 6.45) is 7.95. The number of carbonyl (C=O) groups is 1. The smallest absolute Gasteiger partial charge is 0.407 e. The van der Waals surface area contributed by atoms with Gasteiger partial charge in [0.25, 0.3) is 0 Å². The van der Waals surface area contributed by atoms with Gasteiger partial charge in [0.05, 0.1) is 5.69 Å². The van der Waals surface area contributed by atoms with Crippen molar-refractivity contribution >= 4 is 23.2 Å². The van der Waals surface area contributed by atoms with Crippen LogP contribution in [0.25, 0.3) is 5.52 Å². The van der Waals surface area contributed by atoms with Gasteiger partial charge in [-0.15, -0.1) is 0 Å². The number of aromatic amines is 1. The molecule has 186 valence electrons. The molecule has 1 aliphatic heterocycles. The minimum atomic E-state index is -0.293. The molecule has 3 aromatic heterocycles. The van der Waals surface area contributed by atoms with Gasteiger partial charge in [-0.3, -0.25) is 10.00 Å². The fraction of sp³-hybridized carbons (Fsp3) is 0.583. The van der Waals surface area contributed by atoms with Gasteiger partial charge in [0.2, 0.25) is 0 Å². The van der Waals surface area contributed by atoms with Gasteiger partial charge in [0.1, 0.15) is 11.6 Å². The molecule has 2 aliphatic carbocycles. The molecule has 35 heavy (non-hydrogen) atoms. The van der Waals surface area contributed by atoms with E-state index in [9.17, 15) is 4.79 Å². The van der Waals surface area contributed by atoms with Crippen LogP contribution in [0.1, 0.15) is 56.3 Å². The Labute approximate surface area is 204 Å². The Kier molecular flexibility index (Phi) is 5.81. The van der Waals surface area contributed by atoms with Gasteiger partial charge in [-0.1, -0.05) is 0 Å². The second kappa shape index (κ2) is 9.12. The molecule has 3 aromatic rings. The highest BCUT2D eigenvalue weighted by Crippen LogP contribution is 2.37. The van der Waals surface area contributed by atoms with Gasteiger partial charge in [-0.2, -0.15) is 10.2 Å². The lowest BCUT2D eigenvalue weighted by molar-refractivity contribution is 0.0967. The van der Waals surface area contributed by atoms with Crippen molar-refractivity contribution in [3.63, 3.8) is 0 Å². The first kappa shape index (κ1) is 22.3. The number of carbonyl (C=O) groups excluding carboxylic acids is 1. The van der Waals surface area contributed by atoms with Crippen molar-refractivity contribution in [2.75, 3.05) is 31.5 Å². The molecule has 3 aliphatic rings. The number of anilines is 2. The quantitative estimate of drug-likeness (QED) is 0.408. The first-order valence-corrected chi connectivity index (χ1v) is 12.6. The van der Waals surface area contributed by atoms with E-state index in [1.165, 1.54) is 0 Å². The van der Waals surface area contributed by atoms with E-state index in [1.54, 1.807) is 6.20 Å². The molecule has 1 amide bonds. The number of nitrogens with one attached hydrogen (secondary N) is 4. The summed E-state index contributed by atoms with van der Waals surface area (Å²) in [6, 6.07) is 4.12. The van der Waals surface area contributed by atoms with E-state index >= 15 is 0 Å². The monoisotopic (exact) mass is 479 g/mol. The third-order valence-corrected chi connectivity index (χ3v) is 7.38.